The van der Waals surface area contributed by atoms with Crippen molar-refractivity contribution in [2.45, 2.75) is 30.2 Å². The number of nitrogens with zero attached hydrogens (tertiary/aromatic N) is 1. The van der Waals surface area contributed by atoms with Crippen molar-refractivity contribution in [3.63, 3.8) is 0 Å². The zero-order chi connectivity index (χ0) is 24.1. The minimum Gasteiger partial charge on any atom is -0.493 e. The molecule has 0 saturated heterocycles. The summed E-state index contributed by atoms with van der Waals surface area (Å²) < 4.78 is 39.0. The fourth-order valence-electron chi connectivity index (χ4n) is 4.29. The molecule has 1 unspecified atom stereocenters. The number of carbonyl (C=O) groups excluding carboxylic acids is 1. The first-order chi connectivity index (χ1) is 16.4. The van der Waals surface area contributed by atoms with Crippen LogP contribution in [0.5, 0.6) is 11.5 Å². The van der Waals surface area contributed by atoms with Crippen molar-refractivity contribution >= 4 is 21.6 Å². The van der Waals surface area contributed by atoms with E-state index in [0.717, 1.165) is 29.1 Å². The fourth-order valence-corrected chi connectivity index (χ4v) is 5.72. The Hall–Kier alpha value is -3.52. The number of carbonyl (C=O) groups is 1. The third-order valence-corrected chi connectivity index (χ3v) is 7.75. The van der Waals surface area contributed by atoms with Crippen LogP contribution in [-0.2, 0) is 21.2 Å². The summed E-state index contributed by atoms with van der Waals surface area (Å²) in [6.07, 6.45) is 2.76. The number of anilines is 1. The van der Waals surface area contributed by atoms with Crippen LogP contribution >= 0.6 is 0 Å². The zero-order valence-corrected chi connectivity index (χ0v) is 20.0. The van der Waals surface area contributed by atoms with E-state index in [1.54, 1.807) is 30.3 Å². The van der Waals surface area contributed by atoms with E-state index in [2.05, 4.69) is 11.4 Å². The van der Waals surface area contributed by atoms with Gasteiger partial charge in [0.15, 0.2) is 11.5 Å². The average molecular weight is 481 g/mol. The van der Waals surface area contributed by atoms with Gasteiger partial charge < -0.3 is 14.8 Å². The van der Waals surface area contributed by atoms with Gasteiger partial charge in [0, 0.05) is 6.07 Å². The normalized spacial score (nSPS) is 15.2. The molecule has 1 aliphatic rings. The van der Waals surface area contributed by atoms with Crippen molar-refractivity contribution in [2.75, 3.05) is 25.1 Å². The fraction of sp³-hybridized carbons (Fsp3) is 0.269. The second kappa shape index (κ2) is 10.2. The molecule has 3 aromatic rings. The Morgan fingerprint density at radius 1 is 0.971 bits per heavy atom. The van der Waals surface area contributed by atoms with Crippen LogP contribution < -0.4 is 19.1 Å². The molecule has 0 aliphatic heterocycles. The van der Waals surface area contributed by atoms with Crippen molar-refractivity contribution in [2.24, 2.45) is 0 Å². The van der Waals surface area contributed by atoms with Gasteiger partial charge in [-0.05, 0) is 54.7 Å². The van der Waals surface area contributed by atoms with Gasteiger partial charge >= 0.3 is 0 Å². The monoisotopic (exact) mass is 480 g/mol. The Morgan fingerprint density at radius 2 is 1.68 bits per heavy atom. The molecule has 0 radical (unpaired) electrons. The number of fused-ring (bicyclic) bond motifs is 1. The van der Waals surface area contributed by atoms with Crippen molar-refractivity contribution in [3.05, 3.63) is 83.9 Å². The third kappa shape index (κ3) is 4.87. The Morgan fingerprint density at radius 3 is 2.41 bits per heavy atom. The maximum Gasteiger partial charge on any atom is 0.264 e. The molecule has 0 bridgehead atoms. The van der Waals surface area contributed by atoms with Crippen molar-refractivity contribution in [1.82, 2.24) is 5.32 Å². The second-order valence-corrected chi connectivity index (χ2v) is 9.94. The molecule has 0 spiro atoms. The summed E-state index contributed by atoms with van der Waals surface area (Å²) in [7, 11) is -1.15. The predicted octanol–water partition coefficient (Wildman–Crippen LogP) is 4.09. The van der Waals surface area contributed by atoms with E-state index in [1.807, 2.05) is 18.2 Å². The number of hydrogen-bond donors (Lipinski definition) is 1. The number of hydrogen-bond acceptors (Lipinski definition) is 5. The molecule has 4 rings (SSSR count). The molecule has 34 heavy (non-hydrogen) atoms. The highest BCUT2D eigenvalue weighted by molar-refractivity contribution is 7.92. The third-order valence-electron chi connectivity index (χ3n) is 5.98. The van der Waals surface area contributed by atoms with Gasteiger partial charge in [0.05, 0.1) is 30.8 Å². The molecule has 8 heteroatoms. The van der Waals surface area contributed by atoms with E-state index in [0.29, 0.717) is 17.2 Å². The van der Waals surface area contributed by atoms with Gasteiger partial charge in [0.2, 0.25) is 5.91 Å². The molecular weight excluding hydrogens is 452 g/mol. The van der Waals surface area contributed by atoms with Crippen molar-refractivity contribution in [1.29, 1.82) is 0 Å². The maximum atomic E-state index is 13.7. The summed E-state index contributed by atoms with van der Waals surface area (Å²) in [6.45, 7) is -0.348. The lowest BCUT2D eigenvalue weighted by Gasteiger charge is -2.29. The molecule has 3 aromatic carbocycles. The van der Waals surface area contributed by atoms with Gasteiger partial charge in [-0.2, -0.15) is 0 Å². The number of benzene rings is 3. The highest BCUT2D eigenvalue weighted by atomic mass is 32.2. The summed E-state index contributed by atoms with van der Waals surface area (Å²) in [6, 6.07) is 20.9. The number of methoxy groups -OCH3 is 2. The smallest absolute Gasteiger partial charge is 0.264 e. The van der Waals surface area contributed by atoms with E-state index < -0.39 is 10.0 Å². The van der Waals surface area contributed by atoms with E-state index >= 15 is 0 Å². The summed E-state index contributed by atoms with van der Waals surface area (Å²) in [5.41, 5.74) is 2.71. The Labute approximate surface area is 200 Å². The van der Waals surface area contributed by atoms with Crippen LogP contribution in [0.4, 0.5) is 5.69 Å². The lowest BCUT2D eigenvalue weighted by molar-refractivity contribution is -0.120. The number of nitrogens with one attached hydrogen (secondary N) is 1. The minimum atomic E-state index is -4.07. The zero-order valence-electron chi connectivity index (χ0n) is 19.2. The molecule has 1 amide bonds. The molecule has 1 atom stereocenters. The number of ether oxygens (including phenoxy) is 2. The van der Waals surface area contributed by atoms with Gasteiger partial charge in [-0.3, -0.25) is 9.10 Å². The van der Waals surface area contributed by atoms with Crippen LogP contribution in [0.2, 0.25) is 0 Å². The standard InChI is InChI=1S/C26H28N2O5S/c1-32-24-16-15-21(17-25(24)33-2)34(30,31)28(20-11-4-3-5-12-20)18-26(29)27-23-14-8-10-19-9-6-7-13-22(19)23/h3-7,9,11-13,15-17,23H,8,10,14,18H2,1-2H3,(H,27,29). The molecule has 0 aromatic heterocycles. The number of amides is 1. The first-order valence-electron chi connectivity index (χ1n) is 11.1. The van der Waals surface area contributed by atoms with E-state index in [-0.39, 0.29) is 23.4 Å². The molecule has 0 heterocycles. The Bertz CT molecular complexity index is 1260. The lowest BCUT2D eigenvalue weighted by atomic mass is 9.88. The van der Waals surface area contributed by atoms with Gasteiger partial charge in [0.1, 0.15) is 6.54 Å². The van der Waals surface area contributed by atoms with Crippen molar-refractivity contribution in [3.8, 4) is 11.5 Å². The van der Waals surface area contributed by atoms with Crippen LogP contribution in [0.15, 0.2) is 77.7 Å². The van der Waals surface area contributed by atoms with Crippen molar-refractivity contribution < 1.29 is 22.7 Å². The van der Waals surface area contributed by atoms with Gasteiger partial charge in [-0.1, -0.05) is 42.5 Å². The molecule has 178 valence electrons. The molecule has 1 aliphatic carbocycles. The van der Waals surface area contributed by atoms with Gasteiger partial charge in [0.25, 0.3) is 10.0 Å². The number of para-hydroxylation sites is 1. The highest BCUT2D eigenvalue weighted by Crippen LogP contribution is 2.33. The quantitative estimate of drug-likeness (QED) is 0.525. The summed E-state index contributed by atoms with van der Waals surface area (Å²) in [5, 5.41) is 3.05. The SMILES string of the molecule is COc1ccc(S(=O)(=O)N(CC(=O)NC2CCCc3ccccc32)c2ccccc2)cc1OC. The van der Waals surface area contributed by atoms with Crippen LogP contribution in [0.1, 0.15) is 30.0 Å². The molecule has 7 nitrogen and oxygen atoms in total. The predicted molar refractivity (Wildman–Crippen MR) is 131 cm³/mol. The van der Waals surface area contributed by atoms with E-state index in [4.69, 9.17) is 9.47 Å². The van der Waals surface area contributed by atoms with Crippen LogP contribution in [0, 0.1) is 0 Å². The van der Waals surface area contributed by atoms with E-state index in [1.165, 1.54) is 38.0 Å². The number of rotatable bonds is 8. The van der Waals surface area contributed by atoms with Gasteiger partial charge in [-0.25, -0.2) is 8.42 Å². The first kappa shape index (κ1) is 23.6. The highest BCUT2D eigenvalue weighted by Gasteiger charge is 2.30. The lowest BCUT2D eigenvalue weighted by Crippen LogP contribution is -2.42. The topological polar surface area (TPSA) is 84.9 Å². The van der Waals surface area contributed by atoms with Gasteiger partial charge in [-0.15, -0.1) is 0 Å². The molecular formula is C26H28N2O5S. The average Bonchev–Trinajstić information content (AvgIpc) is 2.87. The number of aryl methyl sites for hydroxylation is 1. The van der Waals surface area contributed by atoms with Crippen LogP contribution in [0.3, 0.4) is 0 Å². The Balaban J connectivity index is 1.63. The molecule has 1 N–H and O–H groups in total. The summed E-state index contributed by atoms with van der Waals surface area (Å²) in [5.74, 6) is 0.343. The molecule has 0 saturated carbocycles. The second-order valence-electron chi connectivity index (χ2n) is 8.08. The number of sulfonamides is 1. The summed E-state index contributed by atoms with van der Waals surface area (Å²) in [4.78, 5) is 13.1. The molecule has 0 fully saturated rings. The largest absolute Gasteiger partial charge is 0.493 e. The van der Waals surface area contributed by atoms with Crippen LogP contribution in [0.25, 0.3) is 0 Å². The first-order valence-corrected chi connectivity index (χ1v) is 12.5. The summed E-state index contributed by atoms with van der Waals surface area (Å²) >= 11 is 0. The minimum absolute atomic E-state index is 0.00446. The van der Waals surface area contributed by atoms with E-state index in [9.17, 15) is 13.2 Å². The maximum absolute atomic E-state index is 13.7. The Kier molecular flexibility index (Phi) is 7.07. The van der Waals surface area contributed by atoms with Crippen LogP contribution in [-0.4, -0.2) is 35.1 Å².